The molecule has 0 bridgehead atoms. The number of ether oxygens (including phenoxy) is 1. The highest BCUT2D eigenvalue weighted by Crippen LogP contribution is 2.34. The van der Waals surface area contributed by atoms with Crippen LogP contribution in [0.15, 0.2) is 30.3 Å². The van der Waals surface area contributed by atoms with Crippen LogP contribution in [0.4, 0.5) is 0 Å². The van der Waals surface area contributed by atoms with Crippen LogP contribution in [0.25, 0.3) is 0 Å². The lowest BCUT2D eigenvalue weighted by Crippen LogP contribution is -2.46. The minimum atomic E-state index is -0.0260. The van der Waals surface area contributed by atoms with Gasteiger partial charge in [-0.15, -0.1) is 0 Å². The van der Waals surface area contributed by atoms with Crippen molar-refractivity contribution < 1.29 is 14.6 Å². The molecule has 1 amide bonds. The van der Waals surface area contributed by atoms with E-state index in [4.69, 9.17) is 4.74 Å². The normalized spacial score (nSPS) is 18.5. The largest absolute Gasteiger partial charge is 0.494 e. The fourth-order valence-electron chi connectivity index (χ4n) is 3.13. The number of likely N-dealkylation sites (tertiary alicyclic amines) is 1. The van der Waals surface area contributed by atoms with Crippen LogP contribution >= 0.6 is 0 Å². The van der Waals surface area contributed by atoms with Crippen LogP contribution in [-0.2, 0) is 4.79 Å². The maximum absolute atomic E-state index is 12.5. The second-order valence-corrected chi connectivity index (χ2v) is 6.69. The van der Waals surface area contributed by atoms with Crippen LogP contribution in [0.5, 0.6) is 5.75 Å². The van der Waals surface area contributed by atoms with Crippen molar-refractivity contribution in [2.75, 3.05) is 26.3 Å². The molecule has 1 saturated heterocycles. The van der Waals surface area contributed by atoms with Crippen LogP contribution in [0.2, 0.25) is 0 Å². The van der Waals surface area contributed by atoms with Gasteiger partial charge in [-0.25, -0.2) is 0 Å². The van der Waals surface area contributed by atoms with E-state index < -0.39 is 0 Å². The van der Waals surface area contributed by atoms with Crippen molar-refractivity contribution >= 4 is 5.91 Å². The molecule has 2 rings (SSSR count). The van der Waals surface area contributed by atoms with E-state index >= 15 is 0 Å². The highest BCUT2D eigenvalue weighted by atomic mass is 16.5. The number of hydrogen-bond donors (Lipinski definition) is 1. The standard InChI is InChI=1S/C19H29NO3/c1-3-19(15-21)10-12-20(13-11-19)18(22)16(2)9-14-23-17-7-5-4-6-8-17/h4-8,16,21H,3,9-15H2,1-2H3. The molecule has 1 aliphatic rings. The maximum atomic E-state index is 12.5. The predicted octanol–water partition coefficient (Wildman–Crippen LogP) is 3.10. The summed E-state index contributed by atoms with van der Waals surface area (Å²) >= 11 is 0. The van der Waals surface area contributed by atoms with E-state index in [1.165, 1.54) is 0 Å². The Balaban J connectivity index is 1.75. The summed E-state index contributed by atoms with van der Waals surface area (Å²) in [7, 11) is 0. The third kappa shape index (κ3) is 4.71. The van der Waals surface area contributed by atoms with E-state index in [1.807, 2.05) is 42.2 Å². The number of carbonyl (C=O) groups is 1. The van der Waals surface area contributed by atoms with Gasteiger partial charge in [0.1, 0.15) is 5.75 Å². The molecule has 0 saturated carbocycles. The summed E-state index contributed by atoms with van der Waals surface area (Å²) in [5, 5.41) is 9.58. The number of piperidine rings is 1. The summed E-state index contributed by atoms with van der Waals surface area (Å²) in [4.78, 5) is 14.5. The van der Waals surface area contributed by atoms with E-state index in [0.29, 0.717) is 6.61 Å². The Labute approximate surface area is 139 Å². The van der Waals surface area contributed by atoms with Crippen molar-refractivity contribution in [2.45, 2.75) is 39.5 Å². The molecule has 1 heterocycles. The maximum Gasteiger partial charge on any atom is 0.225 e. The zero-order valence-corrected chi connectivity index (χ0v) is 14.3. The third-order valence-corrected chi connectivity index (χ3v) is 5.21. The minimum absolute atomic E-state index is 0.0242. The summed E-state index contributed by atoms with van der Waals surface area (Å²) in [6.45, 7) is 6.40. The number of aliphatic hydroxyl groups is 1. The smallest absolute Gasteiger partial charge is 0.225 e. The summed E-state index contributed by atoms with van der Waals surface area (Å²) in [5.74, 6) is 1.03. The molecule has 1 N–H and O–H groups in total. The van der Waals surface area contributed by atoms with Gasteiger partial charge < -0.3 is 14.7 Å². The van der Waals surface area contributed by atoms with Gasteiger partial charge in [0.25, 0.3) is 0 Å². The summed E-state index contributed by atoms with van der Waals surface area (Å²) in [6.07, 6.45) is 3.51. The Hall–Kier alpha value is -1.55. The Morgan fingerprint density at radius 3 is 2.52 bits per heavy atom. The second kappa shape index (κ2) is 8.34. The molecule has 128 valence electrons. The Morgan fingerprint density at radius 2 is 1.96 bits per heavy atom. The van der Waals surface area contributed by atoms with Gasteiger partial charge in [0.15, 0.2) is 0 Å². The van der Waals surface area contributed by atoms with Gasteiger partial charge in [0.05, 0.1) is 6.61 Å². The lowest BCUT2D eigenvalue weighted by molar-refractivity contribution is -0.138. The number of nitrogens with zero attached hydrogens (tertiary/aromatic N) is 1. The number of para-hydroxylation sites is 1. The van der Waals surface area contributed by atoms with Crippen molar-refractivity contribution in [3.8, 4) is 5.75 Å². The average molecular weight is 319 g/mol. The molecular formula is C19H29NO3. The van der Waals surface area contributed by atoms with Crippen LogP contribution in [-0.4, -0.2) is 42.2 Å². The molecule has 1 fully saturated rings. The molecule has 1 aromatic rings. The molecule has 1 aliphatic heterocycles. The monoisotopic (exact) mass is 319 g/mol. The second-order valence-electron chi connectivity index (χ2n) is 6.69. The van der Waals surface area contributed by atoms with Crippen LogP contribution < -0.4 is 4.74 Å². The van der Waals surface area contributed by atoms with Crippen molar-refractivity contribution in [1.82, 2.24) is 4.90 Å². The fourth-order valence-corrected chi connectivity index (χ4v) is 3.13. The SMILES string of the molecule is CCC1(CO)CCN(C(=O)C(C)CCOc2ccccc2)CC1. The minimum Gasteiger partial charge on any atom is -0.494 e. The molecule has 1 unspecified atom stereocenters. The first-order chi connectivity index (χ1) is 11.1. The van der Waals surface area contributed by atoms with Gasteiger partial charge in [0.2, 0.25) is 5.91 Å². The average Bonchev–Trinajstić information content (AvgIpc) is 2.62. The van der Waals surface area contributed by atoms with Crippen LogP contribution in [0, 0.1) is 11.3 Å². The molecule has 1 atom stereocenters. The Kier molecular flexibility index (Phi) is 6.46. The Morgan fingerprint density at radius 1 is 1.30 bits per heavy atom. The topological polar surface area (TPSA) is 49.8 Å². The van der Waals surface area contributed by atoms with Gasteiger partial charge in [-0.3, -0.25) is 4.79 Å². The molecule has 0 aromatic heterocycles. The van der Waals surface area contributed by atoms with E-state index in [1.54, 1.807) is 0 Å². The molecule has 4 heteroatoms. The van der Waals surface area contributed by atoms with Crippen molar-refractivity contribution in [2.24, 2.45) is 11.3 Å². The molecule has 0 spiro atoms. The first kappa shape index (κ1) is 17.8. The zero-order chi connectivity index (χ0) is 16.7. The first-order valence-electron chi connectivity index (χ1n) is 8.68. The molecule has 23 heavy (non-hydrogen) atoms. The number of benzene rings is 1. The van der Waals surface area contributed by atoms with Crippen LogP contribution in [0.3, 0.4) is 0 Å². The van der Waals surface area contributed by atoms with Crippen molar-refractivity contribution in [1.29, 1.82) is 0 Å². The molecule has 4 nitrogen and oxygen atoms in total. The summed E-state index contributed by atoms with van der Waals surface area (Å²) < 4.78 is 5.68. The molecule has 1 aromatic carbocycles. The van der Waals surface area contributed by atoms with Crippen molar-refractivity contribution in [3.63, 3.8) is 0 Å². The number of amides is 1. The number of carbonyl (C=O) groups excluding carboxylic acids is 1. The summed E-state index contributed by atoms with van der Waals surface area (Å²) in [6, 6.07) is 9.70. The van der Waals surface area contributed by atoms with E-state index in [2.05, 4.69) is 6.92 Å². The lowest BCUT2D eigenvalue weighted by atomic mass is 9.77. The highest BCUT2D eigenvalue weighted by molar-refractivity contribution is 5.78. The van der Waals surface area contributed by atoms with Gasteiger partial charge in [-0.1, -0.05) is 32.0 Å². The Bertz CT molecular complexity index is 475. The quantitative estimate of drug-likeness (QED) is 0.840. The predicted molar refractivity (Wildman–Crippen MR) is 91.3 cm³/mol. The van der Waals surface area contributed by atoms with E-state index in [0.717, 1.165) is 44.5 Å². The summed E-state index contributed by atoms with van der Waals surface area (Å²) in [5.41, 5.74) is 0.0242. The molecular weight excluding hydrogens is 290 g/mol. The highest BCUT2D eigenvalue weighted by Gasteiger charge is 2.34. The lowest BCUT2D eigenvalue weighted by Gasteiger charge is -2.41. The molecule has 0 aliphatic carbocycles. The van der Waals surface area contributed by atoms with E-state index in [-0.39, 0.29) is 23.8 Å². The van der Waals surface area contributed by atoms with Gasteiger partial charge in [-0.05, 0) is 43.2 Å². The van der Waals surface area contributed by atoms with Gasteiger partial charge in [-0.2, -0.15) is 0 Å². The van der Waals surface area contributed by atoms with Gasteiger partial charge in [0, 0.05) is 25.6 Å². The third-order valence-electron chi connectivity index (χ3n) is 5.21. The number of rotatable bonds is 7. The number of hydrogen-bond acceptors (Lipinski definition) is 3. The van der Waals surface area contributed by atoms with Crippen molar-refractivity contribution in [3.05, 3.63) is 30.3 Å². The number of aliphatic hydroxyl groups excluding tert-OH is 1. The fraction of sp³-hybridized carbons (Fsp3) is 0.632. The van der Waals surface area contributed by atoms with E-state index in [9.17, 15) is 9.90 Å². The first-order valence-corrected chi connectivity index (χ1v) is 8.68. The van der Waals surface area contributed by atoms with Gasteiger partial charge >= 0.3 is 0 Å². The molecule has 0 radical (unpaired) electrons. The van der Waals surface area contributed by atoms with Crippen LogP contribution in [0.1, 0.15) is 39.5 Å². The zero-order valence-electron chi connectivity index (χ0n) is 14.3.